The molecule has 1 aliphatic carbocycles. The first-order valence-corrected chi connectivity index (χ1v) is 12.2. The highest BCUT2D eigenvalue weighted by atomic mass is 35.5. The molecule has 2 aromatic rings. The van der Waals surface area contributed by atoms with Gasteiger partial charge < -0.3 is 19.1 Å². The van der Waals surface area contributed by atoms with Gasteiger partial charge in [-0.25, -0.2) is 9.59 Å². The van der Waals surface area contributed by atoms with Crippen molar-refractivity contribution in [3.05, 3.63) is 68.5 Å². The SMILES string of the molecule is COCCOC(=O)C1=C(C(=O)N(Cc2cnccc2C)c2cc(C(=O)OC)c(Cl)cc2Cl)CCCC1. The molecule has 10 heteroatoms. The van der Waals surface area contributed by atoms with E-state index in [1.54, 1.807) is 12.4 Å². The molecule has 0 aliphatic heterocycles. The number of anilines is 1. The van der Waals surface area contributed by atoms with Crippen LogP contribution in [0.5, 0.6) is 0 Å². The Kier molecular flexibility index (Phi) is 9.87. The van der Waals surface area contributed by atoms with Crippen molar-refractivity contribution in [1.82, 2.24) is 4.98 Å². The molecule has 0 spiro atoms. The zero-order valence-corrected chi connectivity index (χ0v) is 21.9. The van der Waals surface area contributed by atoms with Crippen molar-refractivity contribution in [2.45, 2.75) is 39.2 Å². The van der Waals surface area contributed by atoms with Crippen LogP contribution in [0.25, 0.3) is 0 Å². The zero-order chi connectivity index (χ0) is 26.2. The first-order valence-electron chi connectivity index (χ1n) is 11.4. The van der Waals surface area contributed by atoms with E-state index < -0.39 is 17.8 Å². The Bertz CT molecular complexity index is 1180. The number of aryl methyl sites for hydroxylation is 1. The second-order valence-electron chi connectivity index (χ2n) is 8.26. The summed E-state index contributed by atoms with van der Waals surface area (Å²) in [5.41, 5.74) is 2.72. The van der Waals surface area contributed by atoms with Crippen LogP contribution in [0.4, 0.5) is 5.69 Å². The molecule has 0 saturated carbocycles. The van der Waals surface area contributed by atoms with Gasteiger partial charge in [-0.1, -0.05) is 23.2 Å². The number of pyridine rings is 1. The lowest BCUT2D eigenvalue weighted by Gasteiger charge is -2.28. The van der Waals surface area contributed by atoms with Crippen molar-refractivity contribution < 1.29 is 28.6 Å². The summed E-state index contributed by atoms with van der Waals surface area (Å²) in [6, 6.07) is 4.66. The van der Waals surface area contributed by atoms with Crippen molar-refractivity contribution in [2.75, 3.05) is 32.3 Å². The van der Waals surface area contributed by atoms with Crippen LogP contribution in [0.1, 0.15) is 47.2 Å². The molecule has 0 N–H and O–H groups in total. The molecule has 1 amide bonds. The predicted molar refractivity (Wildman–Crippen MR) is 136 cm³/mol. The Morgan fingerprint density at radius 1 is 1.00 bits per heavy atom. The summed E-state index contributed by atoms with van der Waals surface area (Å²) in [5, 5.41) is 0.267. The number of benzene rings is 1. The third kappa shape index (κ3) is 6.43. The molecule has 1 aliphatic rings. The zero-order valence-electron chi connectivity index (χ0n) is 20.4. The number of hydrogen-bond acceptors (Lipinski definition) is 7. The molecule has 3 rings (SSSR count). The minimum absolute atomic E-state index is 0.0658. The number of methoxy groups -OCH3 is 2. The molecule has 0 bridgehead atoms. The Morgan fingerprint density at radius 3 is 2.39 bits per heavy atom. The van der Waals surface area contributed by atoms with Gasteiger partial charge in [-0.15, -0.1) is 0 Å². The average Bonchev–Trinajstić information content (AvgIpc) is 2.88. The maximum atomic E-state index is 14.1. The van der Waals surface area contributed by atoms with Crippen LogP contribution in [0.2, 0.25) is 10.0 Å². The van der Waals surface area contributed by atoms with Gasteiger partial charge in [0.1, 0.15) is 6.61 Å². The maximum Gasteiger partial charge on any atom is 0.339 e. The molecule has 0 fully saturated rings. The van der Waals surface area contributed by atoms with Gasteiger partial charge in [0, 0.05) is 30.6 Å². The largest absolute Gasteiger partial charge is 0.465 e. The van der Waals surface area contributed by atoms with E-state index in [9.17, 15) is 14.4 Å². The third-order valence-electron chi connectivity index (χ3n) is 5.95. The van der Waals surface area contributed by atoms with Crippen LogP contribution in [0.15, 0.2) is 41.7 Å². The monoisotopic (exact) mass is 534 g/mol. The van der Waals surface area contributed by atoms with Gasteiger partial charge in [-0.05, 0) is 61.9 Å². The minimum Gasteiger partial charge on any atom is -0.465 e. The van der Waals surface area contributed by atoms with Gasteiger partial charge in [-0.2, -0.15) is 0 Å². The molecule has 1 heterocycles. The smallest absolute Gasteiger partial charge is 0.339 e. The molecule has 0 radical (unpaired) electrons. The first kappa shape index (κ1) is 27.6. The van der Waals surface area contributed by atoms with Gasteiger partial charge in [0.05, 0.1) is 41.6 Å². The number of rotatable bonds is 9. The summed E-state index contributed by atoms with van der Waals surface area (Å²) in [6.07, 6.45) is 5.67. The minimum atomic E-state index is -0.665. The van der Waals surface area contributed by atoms with Crippen LogP contribution in [0.3, 0.4) is 0 Å². The number of amides is 1. The molecular weight excluding hydrogens is 507 g/mol. The molecule has 0 unspecified atom stereocenters. The van der Waals surface area contributed by atoms with Crippen LogP contribution in [-0.4, -0.2) is 50.3 Å². The number of esters is 2. The highest BCUT2D eigenvalue weighted by molar-refractivity contribution is 6.38. The summed E-state index contributed by atoms with van der Waals surface area (Å²) < 4.78 is 15.1. The Morgan fingerprint density at radius 2 is 1.72 bits per heavy atom. The second kappa shape index (κ2) is 12.9. The Balaban J connectivity index is 2.11. The highest BCUT2D eigenvalue weighted by Crippen LogP contribution is 2.36. The van der Waals surface area contributed by atoms with E-state index in [1.165, 1.54) is 31.3 Å². The van der Waals surface area contributed by atoms with E-state index in [2.05, 4.69) is 4.98 Å². The molecule has 8 nitrogen and oxygen atoms in total. The normalized spacial score (nSPS) is 13.4. The quantitative estimate of drug-likeness (QED) is 0.327. The molecule has 0 atom stereocenters. The molecule has 1 aromatic heterocycles. The lowest BCUT2D eigenvalue weighted by atomic mass is 9.90. The highest BCUT2D eigenvalue weighted by Gasteiger charge is 2.31. The van der Waals surface area contributed by atoms with Crippen molar-refractivity contribution >= 4 is 46.7 Å². The fourth-order valence-corrected chi connectivity index (χ4v) is 4.51. The van der Waals surface area contributed by atoms with E-state index in [1.807, 2.05) is 13.0 Å². The van der Waals surface area contributed by atoms with Crippen LogP contribution < -0.4 is 4.90 Å². The predicted octanol–water partition coefficient (Wildman–Crippen LogP) is 5.08. The van der Waals surface area contributed by atoms with E-state index in [0.717, 1.165) is 24.0 Å². The molecular formula is C26H28Cl2N2O6. The number of ether oxygens (including phenoxy) is 3. The number of hydrogen-bond donors (Lipinski definition) is 0. The van der Waals surface area contributed by atoms with Gasteiger partial charge >= 0.3 is 11.9 Å². The van der Waals surface area contributed by atoms with E-state index >= 15 is 0 Å². The van der Waals surface area contributed by atoms with Crippen LogP contribution >= 0.6 is 23.2 Å². The summed E-state index contributed by atoms with van der Waals surface area (Å²) >= 11 is 12.8. The molecule has 192 valence electrons. The lowest BCUT2D eigenvalue weighted by molar-refractivity contribution is -0.140. The van der Waals surface area contributed by atoms with E-state index in [0.29, 0.717) is 24.0 Å². The van der Waals surface area contributed by atoms with E-state index in [-0.39, 0.29) is 41.1 Å². The number of halogens is 2. The van der Waals surface area contributed by atoms with Crippen molar-refractivity contribution in [3.8, 4) is 0 Å². The summed E-state index contributed by atoms with van der Waals surface area (Å²) in [5.74, 6) is -1.61. The van der Waals surface area contributed by atoms with Gasteiger partial charge in [0.15, 0.2) is 0 Å². The van der Waals surface area contributed by atoms with Crippen molar-refractivity contribution in [2.24, 2.45) is 0 Å². The van der Waals surface area contributed by atoms with E-state index in [4.69, 9.17) is 37.4 Å². The maximum absolute atomic E-state index is 14.1. The second-order valence-corrected chi connectivity index (χ2v) is 9.08. The van der Waals surface area contributed by atoms with Gasteiger partial charge in [0.25, 0.3) is 5.91 Å². The van der Waals surface area contributed by atoms with Crippen LogP contribution in [-0.2, 0) is 30.3 Å². The number of nitrogens with zero attached hydrogens (tertiary/aromatic N) is 2. The number of carbonyl (C=O) groups excluding carboxylic acids is 3. The van der Waals surface area contributed by atoms with Gasteiger partial charge in [0.2, 0.25) is 0 Å². The fourth-order valence-electron chi connectivity index (χ4n) is 3.94. The number of aromatic nitrogens is 1. The standard InChI is InChI=1S/C26H28Cl2N2O6/c1-16-8-9-29-14-17(16)15-30(23-12-20(25(32)35-3)21(27)13-22(23)28)24(31)18-6-4-5-7-19(18)26(33)36-11-10-34-2/h8-9,12-14H,4-7,10-11,15H2,1-3H3. The molecule has 0 saturated heterocycles. The lowest BCUT2D eigenvalue weighted by Crippen LogP contribution is -2.34. The molecule has 36 heavy (non-hydrogen) atoms. The first-order chi connectivity index (χ1) is 17.3. The summed E-state index contributed by atoms with van der Waals surface area (Å²) in [4.78, 5) is 44.8. The van der Waals surface area contributed by atoms with Crippen molar-refractivity contribution in [1.29, 1.82) is 0 Å². The summed E-state index contributed by atoms with van der Waals surface area (Å²) in [7, 11) is 2.75. The topological polar surface area (TPSA) is 95.0 Å². The Labute approximate surface area is 220 Å². The number of carbonyl (C=O) groups is 3. The third-order valence-corrected chi connectivity index (χ3v) is 6.56. The van der Waals surface area contributed by atoms with Crippen LogP contribution in [0, 0.1) is 6.92 Å². The fraction of sp³-hybridized carbons (Fsp3) is 0.385. The average molecular weight is 535 g/mol. The Hall–Kier alpha value is -2.94. The summed E-state index contributed by atoms with van der Waals surface area (Å²) in [6.45, 7) is 2.35. The molecule has 1 aromatic carbocycles. The van der Waals surface area contributed by atoms with Gasteiger partial charge in [-0.3, -0.25) is 9.78 Å². The van der Waals surface area contributed by atoms with Crippen molar-refractivity contribution in [3.63, 3.8) is 0 Å².